The fourth-order valence-corrected chi connectivity index (χ4v) is 5.82. The summed E-state index contributed by atoms with van der Waals surface area (Å²) in [5, 5.41) is 9.90. The average Bonchev–Trinajstić information content (AvgIpc) is 3.57. The number of hydrogen-bond acceptors (Lipinski definition) is 9. The van der Waals surface area contributed by atoms with Crippen molar-refractivity contribution in [3.63, 3.8) is 0 Å². The van der Waals surface area contributed by atoms with Gasteiger partial charge in [0.15, 0.2) is 0 Å². The molecule has 44 heavy (non-hydrogen) atoms. The van der Waals surface area contributed by atoms with E-state index in [1.807, 2.05) is 65.7 Å². The van der Waals surface area contributed by atoms with Crippen molar-refractivity contribution in [3.8, 4) is 5.69 Å². The molecule has 12 nitrogen and oxygen atoms in total. The van der Waals surface area contributed by atoms with Crippen LogP contribution in [-0.4, -0.2) is 94.7 Å². The van der Waals surface area contributed by atoms with Crippen molar-refractivity contribution < 1.29 is 9.53 Å². The van der Waals surface area contributed by atoms with Crippen LogP contribution in [0.25, 0.3) is 11.4 Å². The maximum absolute atomic E-state index is 13.4. The zero-order valence-electron chi connectivity index (χ0n) is 25.3. The molecule has 1 aromatic carbocycles. The molecule has 6 rings (SSSR count). The van der Waals surface area contributed by atoms with E-state index in [9.17, 15) is 9.59 Å². The Morgan fingerprint density at radius 1 is 1.11 bits per heavy atom. The number of nitrogens with one attached hydrogen (secondary N) is 1. The first kappa shape index (κ1) is 29.1. The molecule has 1 atom stereocenters. The molecule has 3 aliphatic rings. The van der Waals surface area contributed by atoms with E-state index in [4.69, 9.17) is 14.8 Å². The smallest absolute Gasteiger partial charge is 0.284 e. The molecule has 228 valence electrons. The summed E-state index contributed by atoms with van der Waals surface area (Å²) >= 11 is 0. The monoisotopic (exact) mass is 595 g/mol. The van der Waals surface area contributed by atoms with Crippen LogP contribution in [-0.2, 0) is 11.8 Å². The van der Waals surface area contributed by atoms with Gasteiger partial charge in [0.1, 0.15) is 22.9 Å². The first-order chi connectivity index (χ1) is 21.4. The molecule has 0 spiro atoms. The minimum atomic E-state index is -0.361. The lowest BCUT2D eigenvalue weighted by molar-refractivity contribution is 0.0783. The summed E-state index contributed by atoms with van der Waals surface area (Å²) in [5.41, 5.74) is 2.64. The van der Waals surface area contributed by atoms with E-state index in [0.717, 1.165) is 42.6 Å². The van der Waals surface area contributed by atoms with Crippen LogP contribution in [0.5, 0.6) is 0 Å². The summed E-state index contributed by atoms with van der Waals surface area (Å²) < 4.78 is 8.65. The molecule has 2 fully saturated rings. The SMILES string of the molecule is C=N/C=C(/c1cccc(N2CC(OC)C2)n1)N1CC=CC(N2CC[C@H](NC(=O)c3c(C)n(C)n(-c4ccccc4)c3=O)C2)=N1. The zero-order chi connectivity index (χ0) is 30.8. The highest BCUT2D eigenvalue weighted by molar-refractivity contribution is 5.96. The van der Waals surface area contributed by atoms with Crippen LogP contribution in [0, 0.1) is 6.92 Å². The number of likely N-dealkylation sites (tertiary alicyclic amines) is 1. The number of carbonyl (C=O) groups excluding carboxylic acids is 1. The molecule has 3 aromatic rings. The molecule has 0 aliphatic carbocycles. The van der Waals surface area contributed by atoms with Gasteiger partial charge in [-0.05, 0) is 50.4 Å². The van der Waals surface area contributed by atoms with E-state index in [1.165, 1.54) is 4.68 Å². The molecule has 2 saturated heterocycles. The number of carbonyl (C=O) groups is 1. The Morgan fingerprint density at radius 2 is 1.91 bits per heavy atom. The second-order valence-corrected chi connectivity index (χ2v) is 11.1. The molecule has 1 amide bonds. The molecular formula is C32H37N9O3. The summed E-state index contributed by atoms with van der Waals surface area (Å²) in [5.74, 6) is 1.30. The fraction of sp³-hybridized carbons (Fsp3) is 0.344. The molecule has 0 saturated carbocycles. The Hall–Kier alpha value is -4.97. The third-order valence-corrected chi connectivity index (χ3v) is 8.39. The molecule has 0 unspecified atom stereocenters. The first-order valence-electron chi connectivity index (χ1n) is 14.7. The minimum absolute atomic E-state index is 0.131. The predicted molar refractivity (Wildman–Crippen MR) is 171 cm³/mol. The van der Waals surface area contributed by atoms with Gasteiger partial charge in [-0.15, -0.1) is 0 Å². The molecule has 3 aliphatic heterocycles. The Morgan fingerprint density at radius 3 is 2.66 bits per heavy atom. The number of rotatable bonds is 8. The number of amidine groups is 1. The summed E-state index contributed by atoms with van der Waals surface area (Å²) in [6, 6.07) is 15.1. The van der Waals surface area contributed by atoms with E-state index < -0.39 is 0 Å². The van der Waals surface area contributed by atoms with Crippen LogP contribution in [0.15, 0.2) is 81.8 Å². The maximum atomic E-state index is 13.4. The Balaban J connectivity index is 1.15. The number of nitrogens with zero attached hydrogens (tertiary/aromatic N) is 8. The second kappa shape index (κ2) is 12.3. The third kappa shape index (κ3) is 5.55. The fourth-order valence-electron chi connectivity index (χ4n) is 5.82. The van der Waals surface area contributed by atoms with Gasteiger partial charge in [0.25, 0.3) is 11.5 Å². The summed E-state index contributed by atoms with van der Waals surface area (Å²) in [4.78, 5) is 39.9. The van der Waals surface area contributed by atoms with Gasteiger partial charge in [-0.25, -0.2) is 9.67 Å². The lowest BCUT2D eigenvalue weighted by Crippen LogP contribution is -2.52. The normalized spacial score (nSPS) is 18.8. The number of hydrogen-bond donors (Lipinski definition) is 1. The highest BCUT2D eigenvalue weighted by Crippen LogP contribution is 2.26. The number of hydrazone groups is 1. The minimum Gasteiger partial charge on any atom is -0.378 e. The number of ether oxygens (including phenoxy) is 1. The zero-order valence-corrected chi connectivity index (χ0v) is 25.3. The predicted octanol–water partition coefficient (Wildman–Crippen LogP) is 2.40. The number of anilines is 1. The van der Waals surface area contributed by atoms with Gasteiger partial charge in [0, 0.05) is 46.4 Å². The lowest BCUT2D eigenvalue weighted by Gasteiger charge is -2.39. The van der Waals surface area contributed by atoms with E-state index >= 15 is 0 Å². The molecule has 5 heterocycles. The number of aliphatic imine (C=N–C) groups is 1. The van der Waals surface area contributed by atoms with Crippen LogP contribution in [0.2, 0.25) is 0 Å². The first-order valence-corrected chi connectivity index (χ1v) is 14.7. The number of benzene rings is 1. The van der Waals surface area contributed by atoms with Gasteiger partial charge in [-0.2, -0.15) is 5.10 Å². The Kier molecular flexibility index (Phi) is 8.16. The quantitative estimate of drug-likeness (QED) is 0.398. The topological polar surface area (TPSA) is 113 Å². The summed E-state index contributed by atoms with van der Waals surface area (Å²) in [6.45, 7) is 8.92. The number of aromatic nitrogens is 3. The van der Waals surface area contributed by atoms with Crippen LogP contribution < -0.4 is 15.8 Å². The number of para-hydroxylation sites is 1. The summed E-state index contributed by atoms with van der Waals surface area (Å²) in [6.07, 6.45) is 6.68. The van der Waals surface area contributed by atoms with Gasteiger partial charge in [-0.1, -0.05) is 30.3 Å². The number of amides is 1. The summed E-state index contributed by atoms with van der Waals surface area (Å²) in [7, 11) is 3.51. The highest BCUT2D eigenvalue weighted by atomic mass is 16.5. The molecule has 0 radical (unpaired) electrons. The van der Waals surface area contributed by atoms with Crippen molar-refractivity contribution in [1.82, 2.24) is 29.6 Å². The van der Waals surface area contributed by atoms with E-state index in [0.29, 0.717) is 31.0 Å². The van der Waals surface area contributed by atoms with Crippen molar-refractivity contribution in [1.29, 1.82) is 0 Å². The van der Waals surface area contributed by atoms with Gasteiger partial charge in [0.2, 0.25) is 0 Å². The molecular weight excluding hydrogens is 558 g/mol. The van der Waals surface area contributed by atoms with E-state index in [-0.39, 0.29) is 29.2 Å². The maximum Gasteiger partial charge on any atom is 0.284 e. The number of pyridine rings is 1. The van der Waals surface area contributed by atoms with Crippen LogP contribution in [0.4, 0.5) is 5.82 Å². The molecule has 12 heteroatoms. The van der Waals surface area contributed by atoms with Gasteiger partial charge in [0.05, 0.1) is 35.9 Å². The second-order valence-electron chi connectivity index (χ2n) is 11.1. The van der Waals surface area contributed by atoms with Crippen molar-refractivity contribution in [2.75, 3.05) is 44.7 Å². The molecule has 2 aromatic heterocycles. The largest absolute Gasteiger partial charge is 0.378 e. The van der Waals surface area contributed by atoms with Gasteiger partial charge < -0.3 is 19.9 Å². The van der Waals surface area contributed by atoms with Crippen molar-refractivity contribution in [2.24, 2.45) is 17.1 Å². The average molecular weight is 596 g/mol. The van der Waals surface area contributed by atoms with E-state index in [1.54, 1.807) is 32.0 Å². The lowest BCUT2D eigenvalue weighted by atomic mass is 10.1. The van der Waals surface area contributed by atoms with Crippen LogP contribution in [0.3, 0.4) is 0 Å². The highest BCUT2D eigenvalue weighted by Gasteiger charge is 2.31. The van der Waals surface area contributed by atoms with Crippen LogP contribution >= 0.6 is 0 Å². The van der Waals surface area contributed by atoms with Crippen molar-refractivity contribution >= 4 is 30.0 Å². The number of methoxy groups -OCH3 is 1. The van der Waals surface area contributed by atoms with Crippen molar-refractivity contribution in [3.05, 3.63) is 94.2 Å². The Labute approximate surface area is 256 Å². The van der Waals surface area contributed by atoms with Crippen molar-refractivity contribution in [2.45, 2.75) is 25.5 Å². The van der Waals surface area contributed by atoms with E-state index in [2.05, 4.69) is 26.8 Å². The van der Waals surface area contributed by atoms with Crippen LogP contribution in [0.1, 0.15) is 28.2 Å². The third-order valence-electron chi connectivity index (χ3n) is 8.39. The molecule has 0 bridgehead atoms. The Bertz CT molecular complexity index is 1700. The van der Waals surface area contributed by atoms with Gasteiger partial charge >= 0.3 is 0 Å². The standard InChI is InChI=1S/C32H37N9O3/c1-22-30(32(43)41(37(22)3)24-10-6-5-7-11-24)31(42)34-23-15-17-38(19-23)29-14-9-16-40(36-29)27(18-33-2)26-12-8-13-28(35-26)39-20-25(21-39)44-4/h5-14,18,23,25H,2,15-17,19-21H2,1,3-4H3,(H,34,42)/b27-18-/t23-/m0/s1. The molecule has 1 N–H and O–H groups in total. The van der Waals surface area contributed by atoms with Gasteiger partial charge in [-0.3, -0.25) is 24.3 Å².